The number of benzene rings is 2. The Morgan fingerprint density at radius 2 is 1.86 bits per heavy atom. The number of carbonyl (C=O) groups excluding carboxylic acids is 3. The molecule has 0 bridgehead atoms. The quantitative estimate of drug-likeness (QED) is 0.743. The Balaban J connectivity index is 1.45. The molecule has 0 spiro atoms. The van der Waals surface area contributed by atoms with Gasteiger partial charge in [0.05, 0.1) is 18.2 Å². The van der Waals surface area contributed by atoms with Crippen LogP contribution < -0.4 is 15.0 Å². The van der Waals surface area contributed by atoms with E-state index in [1.807, 2.05) is 43.3 Å². The van der Waals surface area contributed by atoms with E-state index in [0.717, 1.165) is 5.56 Å². The van der Waals surface area contributed by atoms with Crippen molar-refractivity contribution in [3.63, 3.8) is 0 Å². The molecular formula is C21H22N2O5. The highest BCUT2D eigenvalue weighted by molar-refractivity contribution is 5.98. The topological polar surface area (TPSA) is 84.9 Å². The van der Waals surface area contributed by atoms with Gasteiger partial charge in [-0.15, -0.1) is 0 Å². The molecule has 0 aromatic heterocycles. The van der Waals surface area contributed by atoms with E-state index in [1.165, 1.54) is 4.90 Å². The number of para-hydroxylation sites is 2. The summed E-state index contributed by atoms with van der Waals surface area (Å²) in [5.74, 6) is -0.539. The smallest absolute Gasteiger partial charge is 0.308 e. The lowest BCUT2D eigenvalue weighted by molar-refractivity contribution is -0.148. The van der Waals surface area contributed by atoms with Crippen molar-refractivity contribution in [3.05, 3.63) is 60.2 Å². The van der Waals surface area contributed by atoms with E-state index >= 15 is 0 Å². The second-order valence-corrected chi connectivity index (χ2v) is 6.41. The molecule has 146 valence electrons. The first-order chi connectivity index (χ1) is 13.5. The van der Waals surface area contributed by atoms with Crippen molar-refractivity contribution in [3.8, 4) is 5.75 Å². The largest absolute Gasteiger partial charge is 0.482 e. The molecule has 1 unspecified atom stereocenters. The zero-order valence-corrected chi connectivity index (χ0v) is 15.6. The van der Waals surface area contributed by atoms with E-state index in [4.69, 9.17) is 9.47 Å². The minimum Gasteiger partial charge on any atom is -0.482 e. The van der Waals surface area contributed by atoms with Gasteiger partial charge in [-0.1, -0.05) is 42.5 Å². The Bertz CT molecular complexity index is 853. The Labute approximate surface area is 163 Å². The van der Waals surface area contributed by atoms with Crippen molar-refractivity contribution in [1.29, 1.82) is 0 Å². The van der Waals surface area contributed by atoms with Crippen LogP contribution in [0.25, 0.3) is 0 Å². The number of nitrogens with zero attached hydrogens (tertiary/aromatic N) is 1. The van der Waals surface area contributed by atoms with E-state index in [0.29, 0.717) is 11.4 Å². The first kappa shape index (κ1) is 19.4. The molecule has 1 aliphatic heterocycles. The van der Waals surface area contributed by atoms with Crippen LogP contribution in [0.3, 0.4) is 0 Å². The van der Waals surface area contributed by atoms with Crippen molar-refractivity contribution in [1.82, 2.24) is 5.32 Å². The summed E-state index contributed by atoms with van der Waals surface area (Å²) >= 11 is 0. The summed E-state index contributed by atoms with van der Waals surface area (Å²) in [6, 6.07) is 16.5. The fourth-order valence-corrected chi connectivity index (χ4v) is 2.93. The number of amides is 2. The number of nitrogens with one attached hydrogen (secondary N) is 1. The molecule has 1 N–H and O–H groups in total. The highest BCUT2D eigenvalue weighted by Crippen LogP contribution is 2.31. The summed E-state index contributed by atoms with van der Waals surface area (Å²) in [5.41, 5.74) is 1.59. The van der Waals surface area contributed by atoms with E-state index in [9.17, 15) is 14.4 Å². The fourth-order valence-electron chi connectivity index (χ4n) is 2.93. The van der Waals surface area contributed by atoms with Gasteiger partial charge >= 0.3 is 5.97 Å². The predicted molar refractivity (Wildman–Crippen MR) is 103 cm³/mol. The lowest BCUT2D eigenvalue weighted by atomic mass is 10.1. The minimum absolute atomic E-state index is 0.0123. The second-order valence-electron chi connectivity index (χ2n) is 6.41. The minimum atomic E-state index is -0.542. The molecule has 1 atom stereocenters. The third-order valence-electron chi connectivity index (χ3n) is 4.39. The van der Waals surface area contributed by atoms with Gasteiger partial charge in [0.1, 0.15) is 5.75 Å². The van der Waals surface area contributed by atoms with Crippen LogP contribution in [0.15, 0.2) is 54.6 Å². The standard InChI is InChI=1S/C21H22N2O5/c1-15(16-7-3-2-4-8-16)22-19(24)13-28-21(26)11-12-23-17-9-5-6-10-18(17)27-14-20(23)25/h2-10,15H,11-14H2,1H3,(H,22,24). The lowest BCUT2D eigenvalue weighted by Gasteiger charge is -2.28. The van der Waals surface area contributed by atoms with Gasteiger partial charge in [-0.25, -0.2) is 0 Å². The number of carbonyl (C=O) groups is 3. The Morgan fingerprint density at radius 1 is 1.14 bits per heavy atom. The molecule has 1 heterocycles. The SMILES string of the molecule is CC(NC(=O)COC(=O)CCN1C(=O)COc2ccccc21)c1ccccc1. The van der Waals surface area contributed by atoms with Crippen LogP contribution in [0.5, 0.6) is 5.75 Å². The first-order valence-electron chi connectivity index (χ1n) is 9.06. The number of hydrogen-bond donors (Lipinski definition) is 1. The van der Waals surface area contributed by atoms with Gasteiger partial charge in [-0.2, -0.15) is 0 Å². The summed E-state index contributed by atoms with van der Waals surface area (Å²) in [5, 5.41) is 2.78. The Hall–Kier alpha value is -3.35. The molecule has 28 heavy (non-hydrogen) atoms. The van der Waals surface area contributed by atoms with Gasteiger partial charge in [-0.3, -0.25) is 14.4 Å². The molecule has 2 amide bonds. The van der Waals surface area contributed by atoms with Gasteiger partial charge in [0.25, 0.3) is 11.8 Å². The third-order valence-corrected chi connectivity index (χ3v) is 4.39. The molecule has 3 rings (SSSR count). The molecule has 0 saturated carbocycles. The average Bonchev–Trinajstić information content (AvgIpc) is 2.72. The maximum absolute atomic E-state index is 12.1. The van der Waals surface area contributed by atoms with Gasteiger partial charge in [0.15, 0.2) is 13.2 Å². The molecule has 1 aliphatic rings. The van der Waals surface area contributed by atoms with E-state index < -0.39 is 5.97 Å². The summed E-state index contributed by atoms with van der Waals surface area (Å²) in [4.78, 5) is 37.6. The zero-order chi connectivity index (χ0) is 19.9. The van der Waals surface area contributed by atoms with Crippen LogP contribution >= 0.6 is 0 Å². The summed E-state index contributed by atoms with van der Waals surface area (Å²) in [6.07, 6.45) is -0.0123. The molecule has 0 fully saturated rings. The number of rotatable bonds is 7. The van der Waals surface area contributed by atoms with Crippen molar-refractivity contribution in [2.24, 2.45) is 0 Å². The lowest BCUT2D eigenvalue weighted by Crippen LogP contribution is -2.40. The van der Waals surface area contributed by atoms with Crippen molar-refractivity contribution < 1.29 is 23.9 Å². The maximum atomic E-state index is 12.1. The molecule has 7 nitrogen and oxygen atoms in total. The highest BCUT2D eigenvalue weighted by atomic mass is 16.5. The zero-order valence-electron chi connectivity index (χ0n) is 15.6. The van der Waals surface area contributed by atoms with Crippen molar-refractivity contribution in [2.45, 2.75) is 19.4 Å². The molecule has 2 aromatic rings. The first-order valence-corrected chi connectivity index (χ1v) is 9.06. The van der Waals surface area contributed by atoms with Crippen LogP contribution in [-0.4, -0.2) is 37.5 Å². The average molecular weight is 382 g/mol. The molecule has 0 saturated heterocycles. The van der Waals surface area contributed by atoms with Gasteiger partial charge in [0, 0.05) is 6.54 Å². The number of fused-ring (bicyclic) bond motifs is 1. The van der Waals surface area contributed by atoms with E-state index in [1.54, 1.807) is 18.2 Å². The fraction of sp³-hybridized carbons (Fsp3) is 0.286. The Morgan fingerprint density at radius 3 is 2.64 bits per heavy atom. The summed E-state index contributed by atoms with van der Waals surface area (Å²) in [6.45, 7) is 1.60. The van der Waals surface area contributed by atoms with Crippen LogP contribution in [-0.2, 0) is 19.1 Å². The van der Waals surface area contributed by atoms with Crippen LogP contribution in [0.4, 0.5) is 5.69 Å². The summed E-state index contributed by atoms with van der Waals surface area (Å²) in [7, 11) is 0. The normalized spacial score (nSPS) is 13.9. The number of hydrogen-bond acceptors (Lipinski definition) is 5. The van der Waals surface area contributed by atoms with Gasteiger partial charge in [-0.05, 0) is 24.6 Å². The molecule has 0 radical (unpaired) electrons. The maximum Gasteiger partial charge on any atom is 0.308 e. The highest BCUT2D eigenvalue weighted by Gasteiger charge is 2.25. The molecular weight excluding hydrogens is 360 g/mol. The second kappa shape index (κ2) is 9.03. The number of ether oxygens (including phenoxy) is 2. The molecule has 2 aromatic carbocycles. The van der Waals surface area contributed by atoms with Crippen molar-refractivity contribution >= 4 is 23.5 Å². The van der Waals surface area contributed by atoms with Crippen LogP contribution in [0, 0.1) is 0 Å². The van der Waals surface area contributed by atoms with Crippen LogP contribution in [0.1, 0.15) is 24.9 Å². The molecule has 0 aliphatic carbocycles. The number of anilines is 1. The number of esters is 1. The van der Waals surface area contributed by atoms with Gasteiger partial charge < -0.3 is 19.7 Å². The molecule has 7 heteroatoms. The predicted octanol–water partition coefficient (Wildman–Crippen LogP) is 2.22. The van der Waals surface area contributed by atoms with Crippen molar-refractivity contribution in [2.75, 3.05) is 24.7 Å². The van der Waals surface area contributed by atoms with E-state index in [-0.39, 0.29) is 44.0 Å². The third kappa shape index (κ3) is 4.88. The summed E-state index contributed by atoms with van der Waals surface area (Å²) < 4.78 is 10.4. The monoisotopic (exact) mass is 382 g/mol. The van der Waals surface area contributed by atoms with Crippen LogP contribution in [0.2, 0.25) is 0 Å². The van der Waals surface area contributed by atoms with Gasteiger partial charge in [0.2, 0.25) is 0 Å². The Kier molecular flexibility index (Phi) is 6.26. The van der Waals surface area contributed by atoms with E-state index in [2.05, 4.69) is 5.32 Å².